The number of nitrogens with one attached hydrogen (secondary N) is 1. The van der Waals surface area contributed by atoms with Crippen molar-refractivity contribution in [3.05, 3.63) is 52.0 Å². The second-order valence-electron chi connectivity index (χ2n) is 4.10. The fraction of sp³-hybridized carbons (Fsp3) is 0.0714. The number of hydrogen-bond donors (Lipinski definition) is 1. The molecular formula is C14H9N3O2S2. The number of nitriles is 1. The Labute approximate surface area is 128 Å². The number of amides is 1. The van der Waals surface area contributed by atoms with E-state index in [2.05, 4.69) is 16.4 Å². The van der Waals surface area contributed by atoms with Crippen LogP contribution in [0.15, 0.2) is 45.2 Å². The van der Waals surface area contributed by atoms with Gasteiger partial charge >= 0.3 is 0 Å². The van der Waals surface area contributed by atoms with Crippen molar-refractivity contribution in [3.63, 3.8) is 0 Å². The molecule has 0 bridgehead atoms. The van der Waals surface area contributed by atoms with Crippen LogP contribution in [0.5, 0.6) is 0 Å². The van der Waals surface area contributed by atoms with Gasteiger partial charge in [-0.2, -0.15) is 16.6 Å². The van der Waals surface area contributed by atoms with Gasteiger partial charge in [0.05, 0.1) is 10.9 Å². The number of nitrogens with zero attached hydrogens (tertiary/aromatic N) is 2. The summed E-state index contributed by atoms with van der Waals surface area (Å²) in [4.78, 5) is 17.1. The predicted octanol–water partition coefficient (Wildman–Crippen LogP) is 3.46. The Bertz CT molecular complexity index is 770. The zero-order chi connectivity index (χ0) is 14.7. The first-order valence-electron chi connectivity index (χ1n) is 5.99. The molecule has 0 fully saturated rings. The van der Waals surface area contributed by atoms with Gasteiger partial charge in [0.1, 0.15) is 6.04 Å². The molecule has 0 unspecified atom stereocenters. The third kappa shape index (κ3) is 2.72. The van der Waals surface area contributed by atoms with Gasteiger partial charge < -0.3 is 9.73 Å². The molecule has 1 N–H and O–H groups in total. The summed E-state index contributed by atoms with van der Waals surface area (Å²) in [7, 11) is 0. The molecule has 7 heteroatoms. The second-order valence-corrected chi connectivity index (χ2v) is 5.83. The summed E-state index contributed by atoms with van der Waals surface area (Å²) in [6.07, 6.45) is 1.23. The number of oxazole rings is 1. The van der Waals surface area contributed by atoms with Gasteiger partial charge in [0, 0.05) is 0 Å². The third-order valence-corrected chi connectivity index (χ3v) is 4.38. The maximum absolute atomic E-state index is 12.3. The van der Waals surface area contributed by atoms with Crippen LogP contribution < -0.4 is 5.32 Å². The smallest absolute Gasteiger partial charge is 0.275 e. The summed E-state index contributed by atoms with van der Waals surface area (Å²) in [5, 5.41) is 17.4. The fourth-order valence-electron chi connectivity index (χ4n) is 1.82. The van der Waals surface area contributed by atoms with Gasteiger partial charge in [0.15, 0.2) is 17.8 Å². The molecule has 3 aromatic heterocycles. The minimum absolute atomic E-state index is 0.188. The Morgan fingerprint density at radius 2 is 2.33 bits per heavy atom. The SMILES string of the molecule is N#C[C@H](NC(=O)c1ncoc1-c1cccs1)c1ccsc1. The zero-order valence-electron chi connectivity index (χ0n) is 10.6. The van der Waals surface area contributed by atoms with Crippen LogP contribution in [0.4, 0.5) is 0 Å². The highest BCUT2D eigenvalue weighted by atomic mass is 32.1. The summed E-state index contributed by atoms with van der Waals surface area (Å²) in [6.45, 7) is 0. The van der Waals surface area contributed by atoms with E-state index in [1.807, 2.05) is 34.3 Å². The quantitative estimate of drug-likeness (QED) is 0.799. The van der Waals surface area contributed by atoms with Gasteiger partial charge in [-0.05, 0) is 33.8 Å². The molecule has 3 heterocycles. The minimum atomic E-state index is -0.698. The Balaban J connectivity index is 1.84. The first-order valence-corrected chi connectivity index (χ1v) is 7.82. The highest BCUT2D eigenvalue weighted by molar-refractivity contribution is 7.13. The van der Waals surface area contributed by atoms with Crippen molar-refractivity contribution in [1.82, 2.24) is 10.3 Å². The number of carbonyl (C=O) groups excluding carboxylic acids is 1. The van der Waals surface area contributed by atoms with Gasteiger partial charge in [0.25, 0.3) is 5.91 Å². The molecule has 0 aromatic carbocycles. The monoisotopic (exact) mass is 315 g/mol. The van der Waals surface area contributed by atoms with E-state index in [1.165, 1.54) is 29.1 Å². The zero-order valence-corrected chi connectivity index (χ0v) is 12.3. The van der Waals surface area contributed by atoms with Gasteiger partial charge in [0.2, 0.25) is 0 Å². The molecule has 3 aromatic rings. The topological polar surface area (TPSA) is 78.9 Å². The molecule has 1 atom stereocenters. The molecule has 1 amide bonds. The molecule has 0 aliphatic heterocycles. The number of carbonyl (C=O) groups is 1. The van der Waals surface area contributed by atoms with Crippen molar-refractivity contribution >= 4 is 28.6 Å². The van der Waals surface area contributed by atoms with Crippen LogP contribution in [-0.2, 0) is 0 Å². The van der Waals surface area contributed by atoms with E-state index in [0.29, 0.717) is 5.76 Å². The van der Waals surface area contributed by atoms with Crippen LogP contribution in [0.25, 0.3) is 10.6 Å². The van der Waals surface area contributed by atoms with E-state index in [-0.39, 0.29) is 5.69 Å². The van der Waals surface area contributed by atoms with E-state index in [9.17, 15) is 10.1 Å². The normalized spacial score (nSPS) is 11.8. The molecule has 0 aliphatic rings. The standard InChI is InChI=1S/C14H9N3O2S2/c15-6-10(9-3-5-20-7-9)17-14(18)12-13(19-8-16-12)11-2-1-4-21-11/h1-5,7-8,10H,(H,17,18)/t10-/m0/s1. The molecule has 0 radical (unpaired) electrons. The predicted molar refractivity (Wildman–Crippen MR) is 80.0 cm³/mol. The number of aromatic nitrogens is 1. The van der Waals surface area contributed by atoms with Gasteiger partial charge in [-0.25, -0.2) is 4.98 Å². The van der Waals surface area contributed by atoms with E-state index in [1.54, 1.807) is 0 Å². The molecule has 0 spiro atoms. The molecule has 21 heavy (non-hydrogen) atoms. The summed E-state index contributed by atoms with van der Waals surface area (Å²) < 4.78 is 5.29. The van der Waals surface area contributed by atoms with Crippen LogP contribution in [0, 0.1) is 11.3 Å². The molecular weight excluding hydrogens is 306 g/mol. The van der Waals surface area contributed by atoms with Gasteiger partial charge in [-0.15, -0.1) is 11.3 Å². The van der Waals surface area contributed by atoms with E-state index in [4.69, 9.17) is 4.42 Å². The average Bonchev–Trinajstić information content (AvgIpc) is 3.25. The summed E-state index contributed by atoms with van der Waals surface area (Å²) in [6, 6.07) is 6.90. The lowest BCUT2D eigenvalue weighted by molar-refractivity contribution is 0.0941. The van der Waals surface area contributed by atoms with Crippen molar-refractivity contribution < 1.29 is 9.21 Å². The molecule has 0 aliphatic carbocycles. The Hall–Kier alpha value is -2.43. The van der Waals surface area contributed by atoms with Gasteiger partial charge in [-0.1, -0.05) is 6.07 Å². The fourth-order valence-corrected chi connectivity index (χ4v) is 3.22. The number of rotatable bonds is 4. The van der Waals surface area contributed by atoms with Crippen LogP contribution in [0.1, 0.15) is 22.1 Å². The maximum Gasteiger partial charge on any atom is 0.275 e. The van der Waals surface area contributed by atoms with Gasteiger partial charge in [-0.3, -0.25) is 4.79 Å². The Morgan fingerprint density at radius 1 is 1.43 bits per heavy atom. The summed E-state index contributed by atoms with van der Waals surface area (Å²) in [5.74, 6) is -0.00518. The van der Waals surface area contributed by atoms with Crippen molar-refractivity contribution in [2.45, 2.75) is 6.04 Å². The maximum atomic E-state index is 12.3. The average molecular weight is 315 g/mol. The van der Waals surface area contributed by atoms with Crippen LogP contribution in [-0.4, -0.2) is 10.9 Å². The summed E-state index contributed by atoms with van der Waals surface area (Å²) in [5.41, 5.74) is 0.949. The second kappa shape index (κ2) is 5.91. The summed E-state index contributed by atoms with van der Waals surface area (Å²) >= 11 is 2.93. The Morgan fingerprint density at radius 3 is 3.00 bits per heavy atom. The molecule has 0 saturated carbocycles. The lowest BCUT2D eigenvalue weighted by Crippen LogP contribution is -2.28. The highest BCUT2D eigenvalue weighted by Crippen LogP contribution is 2.28. The first kappa shape index (κ1) is 13.5. The lowest BCUT2D eigenvalue weighted by Gasteiger charge is -2.09. The van der Waals surface area contributed by atoms with Crippen molar-refractivity contribution in [3.8, 4) is 16.7 Å². The van der Waals surface area contributed by atoms with Crippen molar-refractivity contribution in [2.75, 3.05) is 0 Å². The third-order valence-electron chi connectivity index (χ3n) is 2.81. The van der Waals surface area contributed by atoms with Crippen LogP contribution in [0.2, 0.25) is 0 Å². The number of hydrogen-bond acceptors (Lipinski definition) is 6. The van der Waals surface area contributed by atoms with Crippen LogP contribution in [0.3, 0.4) is 0 Å². The van der Waals surface area contributed by atoms with Crippen molar-refractivity contribution in [2.24, 2.45) is 0 Å². The van der Waals surface area contributed by atoms with Crippen LogP contribution >= 0.6 is 22.7 Å². The molecule has 3 rings (SSSR count). The molecule has 5 nitrogen and oxygen atoms in total. The van der Waals surface area contributed by atoms with E-state index >= 15 is 0 Å². The molecule has 104 valence electrons. The minimum Gasteiger partial charge on any atom is -0.442 e. The number of thiophene rings is 2. The van der Waals surface area contributed by atoms with Crippen molar-refractivity contribution in [1.29, 1.82) is 5.26 Å². The van der Waals surface area contributed by atoms with E-state index in [0.717, 1.165) is 10.4 Å². The lowest BCUT2D eigenvalue weighted by atomic mass is 10.1. The largest absolute Gasteiger partial charge is 0.442 e. The highest BCUT2D eigenvalue weighted by Gasteiger charge is 2.22. The van der Waals surface area contributed by atoms with E-state index < -0.39 is 11.9 Å². The molecule has 0 saturated heterocycles. The first-order chi connectivity index (χ1) is 10.3. The Kier molecular flexibility index (Phi) is 3.81.